The molecule has 152 valence electrons. The predicted octanol–water partition coefficient (Wildman–Crippen LogP) is 3.68. The molecule has 0 spiro atoms. The fourth-order valence-corrected chi connectivity index (χ4v) is 4.15. The van der Waals surface area contributed by atoms with E-state index in [0.29, 0.717) is 43.7 Å². The molecule has 1 fully saturated rings. The lowest BCUT2D eigenvalue weighted by atomic mass is 9.96. The molecule has 0 unspecified atom stereocenters. The van der Waals surface area contributed by atoms with E-state index in [1.165, 1.54) is 0 Å². The van der Waals surface area contributed by atoms with Gasteiger partial charge in [0.2, 0.25) is 0 Å². The summed E-state index contributed by atoms with van der Waals surface area (Å²) in [5, 5.41) is 0.885. The molecule has 4 aromatic rings. The van der Waals surface area contributed by atoms with Crippen molar-refractivity contribution in [3.05, 3.63) is 48.0 Å². The Bertz CT molecular complexity index is 1270. The summed E-state index contributed by atoms with van der Waals surface area (Å²) in [4.78, 5) is 39.5. The van der Waals surface area contributed by atoms with E-state index in [4.69, 9.17) is 9.72 Å². The van der Waals surface area contributed by atoms with Crippen molar-refractivity contribution in [3.63, 3.8) is 0 Å². The number of rotatable bonds is 3. The van der Waals surface area contributed by atoms with E-state index >= 15 is 0 Å². The second-order valence-corrected chi connectivity index (χ2v) is 7.61. The van der Waals surface area contributed by atoms with Gasteiger partial charge in [0.15, 0.2) is 5.65 Å². The minimum Gasteiger partial charge on any atom is -0.466 e. The first-order chi connectivity index (χ1) is 14.6. The van der Waals surface area contributed by atoms with Gasteiger partial charge < -0.3 is 14.6 Å². The first-order valence-corrected chi connectivity index (χ1v) is 10.3. The fraction of sp³-hybridized carbons (Fsp3) is 0.304. The molecule has 0 saturated carbocycles. The number of carbonyl (C=O) groups excluding carboxylic acids is 2. The zero-order valence-corrected chi connectivity index (χ0v) is 16.7. The molecule has 7 nitrogen and oxygen atoms in total. The van der Waals surface area contributed by atoms with Crippen LogP contribution >= 0.6 is 0 Å². The maximum Gasteiger partial charge on any atom is 0.309 e. The van der Waals surface area contributed by atoms with Gasteiger partial charge in [-0.25, -0.2) is 9.97 Å². The Labute approximate surface area is 173 Å². The van der Waals surface area contributed by atoms with E-state index in [-0.39, 0.29) is 17.8 Å². The highest BCUT2D eigenvalue weighted by Gasteiger charge is 2.28. The van der Waals surface area contributed by atoms with Crippen molar-refractivity contribution in [1.82, 2.24) is 19.9 Å². The van der Waals surface area contributed by atoms with Crippen LogP contribution in [0.1, 0.15) is 30.1 Å². The van der Waals surface area contributed by atoms with Gasteiger partial charge in [-0.1, -0.05) is 12.1 Å². The van der Waals surface area contributed by atoms with Crippen LogP contribution in [-0.2, 0) is 9.53 Å². The number of nitrogens with zero attached hydrogens (tertiary/aromatic N) is 3. The van der Waals surface area contributed by atoms with Crippen molar-refractivity contribution in [2.24, 2.45) is 5.92 Å². The van der Waals surface area contributed by atoms with Gasteiger partial charge in [-0.3, -0.25) is 9.59 Å². The van der Waals surface area contributed by atoms with Crippen molar-refractivity contribution < 1.29 is 14.3 Å². The number of nitrogens with one attached hydrogen (secondary N) is 1. The van der Waals surface area contributed by atoms with Crippen molar-refractivity contribution in [1.29, 1.82) is 0 Å². The molecular weight excluding hydrogens is 380 g/mol. The maximum absolute atomic E-state index is 13.1. The number of piperidine rings is 1. The molecule has 2 aromatic carbocycles. The number of aromatic amines is 1. The van der Waals surface area contributed by atoms with Crippen molar-refractivity contribution in [2.75, 3.05) is 19.7 Å². The van der Waals surface area contributed by atoms with E-state index in [1.807, 2.05) is 54.3 Å². The summed E-state index contributed by atoms with van der Waals surface area (Å²) in [6, 6.07) is 13.4. The lowest BCUT2D eigenvalue weighted by Crippen LogP contribution is -2.40. The zero-order chi connectivity index (χ0) is 20.7. The van der Waals surface area contributed by atoms with E-state index in [1.54, 1.807) is 0 Å². The van der Waals surface area contributed by atoms with Crippen LogP contribution in [0.5, 0.6) is 0 Å². The highest BCUT2D eigenvalue weighted by Crippen LogP contribution is 2.27. The molecular formula is C23H22N4O3. The molecule has 1 aliphatic rings. The van der Waals surface area contributed by atoms with Crippen LogP contribution < -0.4 is 0 Å². The molecule has 0 bridgehead atoms. The third-order valence-electron chi connectivity index (χ3n) is 5.75. The van der Waals surface area contributed by atoms with Gasteiger partial charge in [0.1, 0.15) is 5.52 Å². The topological polar surface area (TPSA) is 88.2 Å². The SMILES string of the molecule is CCOC(=O)C1CCN(C(=O)c2ccc3[nH]c4nc5ccccc5nc4c3c2)CC1. The molecule has 1 saturated heterocycles. The van der Waals surface area contributed by atoms with Crippen LogP contribution in [-0.4, -0.2) is 51.4 Å². The van der Waals surface area contributed by atoms with Gasteiger partial charge in [0, 0.05) is 29.6 Å². The summed E-state index contributed by atoms with van der Waals surface area (Å²) >= 11 is 0. The van der Waals surface area contributed by atoms with E-state index in [0.717, 1.165) is 27.5 Å². The molecule has 7 heteroatoms. The average molecular weight is 402 g/mol. The summed E-state index contributed by atoms with van der Waals surface area (Å²) in [6.45, 7) is 3.31. The lowest BCUT2D eigenvalue weighted by molar-refractivity contribution is -0.149. The number of hydrogen-bond acceptors (Lipinski definition) is 5. The molecule has 0 atom stereocenters. The first-order valence-electron chi connectivity index (χ1n) is 10.3. The van der Waals surface area contributed by atoms with Crippen molar-refractivity contribution >= 4 is 45.0 Å². The van der Waals surface area contributed by atoms with Crippen LogP contribution in [0.4, 0.5) is 0 Å². The molecule has 2 aromatic heterocycles. The highest BCUT2D eigenvalue weighted by atomic mass is 16.5. The summed E-state index contributed by atoms with van der Waals surface area (Å²) in [5.41, 5.74) is 4.65. The smallest absolute Gasteiger partial charge is 0.309 e. The van der Waals surface area contributed by atoms with Crippen molar-refractivity contribution in [3.8, 4) is 0 Å². The zero-order valence-electron chi connectivity index (χ0n) is 16.7. The van der Waals surface area contributed by atoms with Gasteiger partial charge in [0.25, 0.3) is 5.91 Å². The van der Waals surface area contributed by atoms with Gasteiger partial charge >= 0.3 is 5.97 Å². The molecule has 1 amide bonds. The van der Waals surface area contributed by atoms with Gasteiger partial charge in [-0.2, -0.15) is 0 Å². The Kier molecular flexibility index (Phi) is 4.58. The number of benzene rings is 2. The van der Waals surface area contributed by atoms with Crippen LogP contribution in [0.2, 0.25) is 0 Å². The normalized spacial score (nSPS) is 15.2. The molecule has 3 heterocycles. The van der Waals surface area contributed by atoms with Gasteiger partial charge in [-0.15, -0.1) is 0 Å². The van der Waals surface area contributed by atoms with Crippen molar-refractivity contribution in [2.45, 2.75) is 19.8 Å². The number of esters is 1. The van der Waals surface area contributed by atoms with E-state index in [9.17, 15) is 9.59 Å². The number of H-pyrrole nitrogens is 1. The van der Waals surface area contributed by atoms with Crippen LogP contribution in [0, 0.1) is 5.92 Å². The number of para-hydroxylation sites is 2. The van der Waals surface area contributed by atoms with E-state index in [2.05, 4.69) is 9.97 Å². The fourth-order valence-electron chi connectivity index (χ4n) is 4.15. The highest BCUT2D eigenvalue weighted by molar-refractivity contribution is 6.08. The molecule has 0 aliphatic carbocycles. The number of amides is 1. The summed E-state index contributed by atoms with van der Waals surface area (Å²) in [7, 11) is 0. The third-order valence-corrected chi connectivity index (χ3v) is 5.75. The predicted molar refractivity (Wildman–Crippen MR) is 114 cm³/mol. The van der Waals surface area contributed by atoms with E-state index < -0.39 is 0 Å². The maximum atomic E-state index is 13.1. The third kappa shape index (κ3) is 3.16. The second kappa shape index (κ2) is 7.40. The van der Waals surface area contributed by atoms with Crippen LogP contribution in [0.15, 0.2) is 42.5 Å². The molecule has 5 rings (SSSR count). The number of likely N-dealkylation sites (tertiary alicyclic amines) is 1. The van der Waals surface area contributed by atoms with Gasteiger partial charge in [-0.05, 0) is 50.1 Å². The lowest BCUT2D eigenvalue weighted by Gasteiger charge is -2.31. The minimum absolute atomic E-state index is 0.0256. The summed E-state index contributed by atoms with van der Waals surface area (Å²) in [5.74, 6) is -0.299. The Balaban J connectivity index is 1.43. The van der Waals surface area contributed by atoms with Gasteiger partial charge in [0.05, 0.1) is 23.6 Å². The minimum atomic E-state index is -0.157. The van der Waals surface area contributed by atoms with Crippen LogP contribution in [0.25, 0.3) is 33.1 Å². The first kappa shape index (κ1) is 18.5. The number of fused-ring (bicyclic) bond motifs is 4. The molecule has 30 heavy (non-hydrogen) atoms. The molecule has 1 aliphatic heterocycles. The Hall–Kier alpha value is -3.48. The number of carbonyl (C=O) groups is 2. The summed E-state index contributed by atoms with van der Waals surface area (Å²) in [6.07, 6.45) is 1.27. The molecule has 0 radical (unpaired) electrons. The number of hydrogen-bond donors (Lipinski definition) is 1. The monoisotopic (exact) mass is 402 g/mol. The summed E-state index contributed by atoms with van der Waals surface area (Å²) < 4.78 is 5.11. The Morgan fingerprint density at radius 2 is 1.83 bits per heavy atom. The number of ether oxygens (including phenoxy) is 1. The average Bonchev–Trinajstić information content (AvgIpc) is 3.14. The van der Waals surface area contributed by atoms with Crippen LogP contribution in [0.3, 0.4) is 0 Å². The quantitative estimate of drug-likeness (QED) is 0.528. The molecule has 1 N–H and O–H groups in total. The number of aromatic nitrogens is 3. The standard InChI is InChI=1S/C23H22N4O3/c1-2-30-23(29)14-9-11-27(12-10-14)22(28)15-7-8-17-16(13-15)20-21(25-17)26-19-6-4-3-5-18(19)24-20/h3-8,13-14H,2,9-12H2,1H3,(H,25,26). The largest absolute Gasteiger partial charge is 0.466 e. The Morgan fingerprint density at radius 3 is 2.57 bits per heavy atom. The second-order valence-electron chi connectivity index (χ2n) is 7.61. The Morgan fingerprint density at radius 1 is 1.10 bits per heavy atom.